The van der Waals surface area contributed by atoms with Gasteiger partial charge in [-0.05, 0) is 0 Å². The number of nitrogens with zero attached hydrogens (tertiary/aromatic N) is 1. The van der Waals surface area contributed by atoms with Crippen LogP contribution >= 0.6 is 0 Å². The van der Waals surface area contributed by atoms with Gasteiger partial charge in [0.1, 0.15) is 0 Å². The summed E-state index contributed by atoms with van der Waals surface area (Å²) in [6, 6.07) is 7.52. The van der Waals surface area contributed by atoms with Crippen LogP contribution in [0.1, 0.15) is 124 Å². The molecule has 6 heteroatoms. The Labute approximate surface area is 287 Å². The molecule has 0 bridgehead atoms. The summed E-state index contributed by atoms with van der Waals surface area (Å²) in [5, 5.41) is 4.10. The van der Waals surface area contributed by atoms with Gasteiger partial charge in [-0.1, -0.05) is 0 Å². The fraction of sp³-hybridized carbons (Fsp3) is 0.744. The second-order valence-corrected chi connectivity index (χ2v) is 39.8. The molecule has 2 atom stereocenters. The fourth-order valence-corrected chi connectivity index (χ4v) is 38.7. The number of rotatable bonds is 24. The standard InChI is InChI=1S/C27H44GeNO2S.3C4H9.Sn/c1-7-11-18-28(19-12-8-2,20-13-9-3)24(6)27-22-29(21-25(27)10-4)32(30,31)26-16-14-23(5)15-17-26;3*1-3-4-2;/h14-17,25,27H,4,6-9,11-13,18-22H2,1-3,5H3;3*1,3-4H2,2H3;/t25-,27-;;;;/m1..../s1. The van der Waals surface area contributed by atoms with Crippen LogP contribution in [-0.4, -0.2) is 57.5 Å². The van der Waals surface area contributed by atoms with E-state index in [2.05, 4.69) is 41.5 Å². The maximum atomic E-state index is 14.3. The second-order valence-electron chi connectivity index (χ2n) is 14.6. The minimum atomic E-state index is -3.59. The molecule has 0 spiro atoms. The molecule has 1 heterocycles. The molecule has 2 rings (SSSR count). The summed E-state index contributed by atoms with van der Waals surface area (Å²) in [7, 11) is -3.59. The molecule has 1 aromatic rings. The van der Waals surface area contributed by atoms with Crippen LogP contribution in [0.3, 0.4) is 0 Å². The average Bonchev–Trinajstić information content (AvgIpc) is 3.50. The molecule has 1 aliphatic heterocycles. The number of aryl methyl sites for hydroxylation is 1. The first kappa shape index (κ1) is 41.1. The molecule has 1 fully saturated rings. The van der Waals surface area contributed by atoms with Crippen molar-refractivity contribution in [2.24, 2.45) is 11.8 Å². The Morgan fingerprint density at radius 2 is 1.11 bits per heavy atom. The van der Waals surface area contributed by atoms with Gasteiger partial charge in [-0.15, -0.1) is 0 Å². The molecule has 0 saturated carbocycles. The van der Waals surface area contributed by atoms with Gasteiger partial charge < -0.3 is 0 Å². The quantitative estimate of drug-likeness (QED) is 0.0976. The van der Waals surface area contributed by atoms with Crippen molar-refractivity contribution in [3.63, 3.8) is 0 Å². The minimum absolute atomic E-state index is 0.240. The van der Waals surface area contributed by atoms with E-state index < -0.39 is 41.7 Å². The fourth-order valence-electron chi connectivity index (χ4n) is 8.12. The molecule has 0 N–H and O–H groups in total. The van der Waals surface area contributed by atoms with Crippen molar-refractivity contribution >= 4 is 41.7 Å². The number of hydrogen-bond donors (Lipinski definition) is 0. The van der Waals surface area contributed by atoms with E-state index in [4.69, 9.17) is 13.2 Å². The Hall–Kier alpha value is -0.0484. The van der Waals surface area contributed by atoms with E-state index in [-0.39, 0.29) is 11.8 Å². The van der Waals surface area contributed by atoms with Crippen molar-refractivity contribution < 1.29 is 8.42 Å². The first-order valence-corrected chi connectivity index (χ1v) is 33.4. The van der Waals surface area contributed by atoms with Crippen molar-refractivity contribution in [1.29, 1.82) is 0 Å². The first-order valence-electron chi connectivity index (χ1n) is 19.0. The third-order valence-corrected chi connectivity index (χ3v) is 41.2. The monoisotopic (exact) mass is 811 g/mol. The van der Waals surface area contributed by atoms with E-state index >= 15 is 0 Å². The third kappa shape index (κ3) is 11.0. The van der Waals surface area contributed by atoms with Gasteiger partial charge in [-0.25, -0.2) is 0 Å². The maximum absolute atomic E-state index is 14.3. The molecule has 0 radical (unpaired) electrons. The molecule has 0 aliphatic carbocycles. The Morgan fingerprint density at radius 3 is 1.51 bits per heavy atom. The van der Waals surface area contributed by atoms with Gasteiger partial charge in [-0.2, -0.15) is 0 Å². The average molecular weight is 809 g/mol. The van der Waals surface area contributed by atoms with E-state index in [1.807, 2.05) is 35.5 Å². The zero-order valence-corrected chi connectivity index (χ0v) is 36.5. The molecule has 0 aromatic heterocycles. The van der Waals surface area contributed by atoms with E-state index in [9.17, 15) is 8.42 Å². The number of unbranched alkanes of at least 4 members (excludes halogenated alkanes) is 6. The van der Waals surface area contributed by atoms with Crippen LogP contribution in [0, 0.1) is 18.8 Å². The van der Waals surface area contributed by atoms with Crippen LogP contribution in [0.5, 0.6) is 0 Å². The van der Waals surface area contributed by atoms with Crippen molar-refractivity contribution in [1.82, 2.24) is 4.31 Å². The summed E-state index contributed by atoms with van der Waals surface area (Å²) in [5.74, 6) is 0.484. The SMILES string of the molecule is C=[C]([C@H]1CN(S(=O)(=O)c2ccc(C)cc2)C[C@H]1[C](=C)[Sn]([CH2]CCC)([CH2]CCC)[CH2]CCC)[Ge]([CH2]CCC)([CH2]CCC)[CH2]CCC. The summed E-state index contributed by atoms with van der Waals surface area (Å²) in [5.41, 5.74) is 1.09. The Kier molecular flexibility index (Phi) is 18.7. The van der Waals surface area contributed by atoms with Crippen molar-refractivity contribution in [2.45, 2.75) is 159 Å². The number of sulfonamides is 1. The molecule has 1 aliphatic rings. The van der Waals surface area contributed by atoms with Crippen molar-refractivity contribution in [3.05, 3.63) is 51.0 Å². The van der Waals surface area contributed by atoms with Crippen molar-refractivity contribution in [3.8, 4) is 0 Å². The van der Waals surface area contributed by atoms with Crippen LogP contribution < -0.4 is 0 Å². The molecular weight excluding hydrogens is 738 g/mol. The topological polar surface area (TPSA) is 37.4 Å². The summed E-state index contributed by atoms with van der Waals surface area (Å²) < 4.78 is 37.8. The Balaban J connectivity index is 2.72. The Bertz CT molecular complexity index is 1040. The predicted octanol–water partition coefficient (Wildman–Crippen LogP) is 12.1. The van der Waals surface area contributed by atoms with Gasteiger partial charge in [0.05, 0.1) is 0 Å². The molecule has 1 saturated heterocycles. The molecule has 0 unspecified atom stereocenters. The predicted molar refractivity (Wildman–Crippen MR) is 205 cm³/mol. The molecule has 45 heavy (non-hydrogen) atoms. The number of benzene rings is 1. The van der Waals surface area contributed by atoms with Gasteiger partial charge >= 0.3 is 290 Å². The van der Waals surface area contributed by atoms with Crippen LogP contribution in [0.2, 0.25) is 29.1 Å². The normalized spacial score (nSPS) is 18.0. The second kappa shape index (κ2) is 20.5. The number of hydrogen-bond acceptors (Lipinski definition) is 2. The van der Waals surface area contributed by atoms with Crippen LogP contribution in [0.4, 0.5) is 0 Å². The summed E-state index contributed by atoms with van der Waals surface area (Å²) in [6.45, 7) is 27.5. The third-order valence-electron chi connectivity index (χ3n) is 11.3. The molecule has 258 valence electrons. The van der Waals surface area contributed by atoms with E-state index in [0.29, 0.717) is 18.0 Å². The van der Waals surface area contributed by atoms with Gasteiger partial charge in [0, 0.05) is 0 Å². The zero-order chi connectivity index (χ0) is 33.5. The Morgan fingerprint density at radius 1 is 0.711 bits per heavy atom. The summed E-state index contributed by atoms with van der Waals surface area (Å²) >= 11 is -5.40. The van der Waals surface area contributed by atoms with E-state index in [1.54, 1.807) is 7.99 Å². The van der Waals surface area contributed by atoms with Crippen LogP contribution in [-0.2, 0) is 10.0 Å². The molecule has 3 nitrogen and oxygen atoms in total. The van der Waals surface area contributed by atoms with Crippen LogP contribution in [0.15, 0.2) is 50.3 Å². The molecular formula is C39H71GeNO2SSn. The van der Waals surface area contributed by atoms with Gasteiger partial charge in [0.2, 0.25) is 0 Å². The molecule has 1 aromatic carbocycles. The van der Waals surface area contributed by atoms with Crippen LogP contribution in [0.25, 0.3) is 0 Å². The molecule has 0 amide bonds. The van der Waals surface area contributed by atoms with Gasteiger partial charge in [-0.3, -0.25) is 0 Å². The van der Waals surface area contributed by atoms with Gasteiger partial charge in [0.25, 0.3) is 0 Å². The summed E-state index contributed by atoms with van der Waals surface area (Å²) in [4.78, 5) is 0.442. The van der Waals surface area contributed by atoms with E-state index in [1.165, 1.54) is 106 Å². The van der Waals surface area contributed by atoms with Gasteiger partial charge in [0.15, 0.2) is 0 Å². The van der Waals surface area contributed by atoms with Crippen molar-refractivity contribution in [2.75, 3.05) is 13.1 Å². The van der Waals surface area contributed by atoms with E-state index in [0.717, 1.165) is 5.56 Å². The summed E-state index contributed by atoms with van der Waals surface area (Å²) in [6.07, 6.45) is 15.2. The zero-order valence-electron chi connectivity index (χ0n) is 30.7. The first-order chi connectivity index (χ1) is 21.5.